The lowest BCUT2D eigenvalue weighted by Gasteiger charge is -2.37. The summed E-state index contributed by atoms with van der Waals surface area (Å²) in [7, 11) is 0. The van der Waals surface area contributed by atoms with Crippen molar-refractivity contribution in [2.45, 2.75) is 6.42 Å². The Labute approximate surface area is 126 Å². The maximum Gasteiger partial charge on any atom is 0.171 e. The molecule has 3 aromatic rings. The van der Waals surface area contributed by atoms with Gasteiger partial charge in [-0.15, -0.1) is 11.3 Å². The molecular formula is C17H13FN2S. The van der Waals surface area contributed by atoms with Crippen molar-refractivity contribution >= 4 is 22.7 Å². The number of hydrogen-bond donors (Lipinski definition) is 0. The first-order chi connectivity index (χ1) is 10.3. The van der Waals surface area contributed by atoms with E-state index in [-0.39, 0.29) is 5.82 Å². The van der Waals surface area contributed by atoms with E-state index < -0.39 is 0 Å². The fourth-order valence-electron chi connectivity index (χ4n) is 2.76. The summed E-state index contributed by atoms with van der Waals surface area (Å²) in [5, 5.41) is 2.04. The molecule has 104 valence electrons. The zero-order chi connectivity index (χ0) is 14.2. The Hall–Kier alpha value is -2.20. The van der Waals surface area contributed by atoms with E-state index in [0.717, 1.165) is 29.8 Å². The van der Waals surface area contributed by atoms with Crippen LogP contribution in [0.5, 0.6) is 0 Å². The van der Waals surface area contributed by atoms with Gasteiger partial charge in [-0.25, -0.2) is 9.37 Å². The summed E-state index contributed by atoms with van der Waals surface area (Å²) >= 11 is 1.59. The molecule has 2 nitrogen and oxygen atoms in total. The van der Waals surface area contributed by atoms with Crippen LogP contribution in [0.2, 0.25) is 0 Å². The Bertz CT molecular complexity index is 769. The molecular weight excluding hydrogens is 283 g/mol. The van der Waals surface area contributed by atoms with Gasteiger partial charge in [-0.05, 0) is 17.7 Å². The van der Waals surface area contributed by atoms with Crippen LogP contribution in [-0.2, 0) is 6.42 Å². The second-order valence-corrected chi connectivity index (χ2v) is 5.76. The average Bonchev–Trinajstić information content (AvgIpc) is 3.06. The molecule has 1 aromatic heterocycles. The third-order valence-corrected chi connectivity index (χ3v) is 4.45. The molecule has 2 aromatic carbocycles. The number of thiazole rings is 1. The molecule has 0 spiro atoms. The van der Waals surface area contributed by atoms with Gasteiger partial charge < -0.3 is 4.90 Å². The number of rotatable bonds is 4. The molecule has 0 fully saturated rings. The molecule has 0 saturated carbocycles. The van der Waals surface area contributed by atoms with Crippen LogP contribution in [0.4, 0.5) is 15.8 Å². The Balaban J connectivity index is 1.63. The van der Waals surface area contributed by atoms with Gasteiger partial charge in [0.25, 0.3) is 0 Å². The van der Waals surface area contributed by atoms with Crippen molar-refractivity contribution in [1.29, 1.82) is 0 Å². The Morgan fingerprint density at radius 2 is 1.95 bits per heavy atom. The smallest absolute Gasteiger partial charge is 0.171 e. The Kier molecular flexibility index (Phi) is 2.97. The third kappa shape index (κ3) is 2.03. The van der Waals surface area contributed by atoms with Crippen molar-refractivity contribution in [3.8, 4) is 11.1 Å². The van der Waals surface area contributed by atoms with E-state index >= 15 is 0 Å². The minimum Gasteiger partial charge on any atom is -0.336 e. The summed E-state index contributed by atoms with van der Waals surface area (Å²) in [5.74, 6) is -0.0883. The quantitative estimate of drug-likeness (QED) is 0.697. The fourth-order valence-corrected chi connectivity index (χ4v) is 3.36. The van der Waals surface area contributed by atoms with E-state index in [1.807, 2.05) is 53.4 Å². The molecule has 0 amide bonds. The van der Waals surface area contributed by atoms with Crippen molar-refractivity contribution in [2.24, 2.45) is 0 Å². The van der Waals surface area contributed by atoms with E-state index in [2.05, 4.69) is 9.88 Å². The minimum absolute atomic E-state index is 0.0883. The van der Waals surface area contributed by atoms with Crippen molar-refractivity contribution in [2.75, 3.05) is 11.4 Å². The van der Waals surface area contributed by atoms with Crippen LogP contribution in [0.3, 0.4) is 0 Å². The number of fused-ring (bicyclic) bond motifs is 2. The minimum atomic E-state index is -0.0883. The number of nitrogens with zero attached hydrogens (tertiary/aromatic N) is 2. The number of aromatic nitrogens is 1. The number of halogens is 1. The first-order valence-electron chi connectivity index (χ1n) is 6.87. The predicted molar refractivity (Wildman–Crippen MR) is 84.7 cm³/mol. The van der Waals surface area contributed by atoms with Crippen molar-refractivity contribution in [3.05, 3.63) is 64.9 Å². The topological polar surface area (TPSA) is 16.1 Å². The molecule has 2 heterocycles. The van der Waals surface area contributed by atoms with Crippen LogP contribution < -0.4 is 4.90 Å². The lowest BCUT2D eigenvalue weighted by atomic mass is 9.96. The second-order valence-electron chi connectivity index (χ2n) is 5.04. The van der Waals surface area contributed by atoms with Crippen LogP contribution in [0.15, 0.2) is 53.4 Å². The van der Waals surface area contributed by atoms with Gasteiger partial charge in [0.1, 0.15) is 0 Å². The van der Waals surface area contributed by atoms with Gasteiger partial charge in [0.15, 0.2) is 5.82 Å². The Morgan fingerprint density at radius 1 is 1.10 bits per heavy atom. The largest absolute Gasteiger partial charge is 0.336 e. The summed E-state index contributed by atoms with van der Waals surface area (Å²) < 4.78 is 14.2. The molecule has 4 rings (SSSR count). The first kappa shape index (κ1) is 12.5. The third-order valence-electron chi connectivity index (χ3n) is 3.82. The standard InChI is InChI=1S/C17H13FN2S/c18-16-15-7-6-14(12-4-2-1-3-5-12)17(16)20(15)9-8-13-10-21-11-19-13/h1-7,10-11H,8-9H2. The molecule has 0 atom stereocenters. The summed E-state index contributed by atoms with van der Waals surface area (Å²) in [6.07, 6.45) is 0.833. The van der Waals surface area contributed by atoms with Gasteiger partial charge in [0, 0.05) is 23.9 Å². The van der Waals surface area contributed by atoms with Gasteiger partial charge >= 0.3 is 0 Å². The summed E-state index contributed by atoms with van der Waals surface area (Å²) in [5.41, 5.74) is 6.32. The molecule has 21 heavy (non-hydrogen) atoms. The highest BCUT2D eigenvalue weighted by Gasteiger charge is 2.32. The molecule has 2 bridgehead atoms. The van der Waals surface area contributed by atoms with E-state index in [1.165, 1.54) is 0 Å². The van der Waals surface area contributed by atoms with Gasteiger partial charge in [0.05, 0.1) is 22.6 Å². The Morgan fingerprint density at radius 3 is 2.67 bits per heavy atom. The lowest BCUT2D eigenvalue weighted by molar-refractivity contribution is 0.597. The van der Waals surface area contributed by atoms with Crippen LogP contribution in [0.1, 0.15) is 5.69 Å². The van der Waals surface area contributed by atoms with E-state index in [0.29, 0.717) is 11.4 Å². The van der Waals surface area contributed by atoms with Crippen LogP contribution in [0.25, 0.3) is 11.1 Å². The number of anilines is 2. The predicted octanol–water partition coefficient (Wildman–Crippen LogP) is 4.64. The SMILES string of the molecule is Fc1c2ccc(-c3ccccc3)c1N2CCc1cscn1. The van der Waals surface area contributed by atoms with Crippen LogP contribution in [0, 0.1) is 5.82 Å². The van der Waals surface area contributed by atoms with Gasteiger partial charge in [-0.1, -0.05) is 30.3 Å². The van der Waals surface area contributed by atoms with Crippen LogP contribution in [-0.4, -0.2) is 11.5 Å². The molecule has 0 unspecified atom stereocenters. The number of hydrogen-bond acceptors (Lipinski definition) is 3. The summed E-state index contributed by atoms with van der Waals surface area (Å²) in [6, 6.07) is 13.8. The fraction of sp³-hybridized carbons (Fsp3) is 0.118. The second kappa shape index (κ2) is 4.97. The maximum atomic E-state index is 14.2. The highest BCUT2D eigenvalue weighted by molar-refractivity contribution is 7.07. The maximum absolute atomic E-state index is 14.2. The molecule has 0 radical (unpaired) electrons. The summed E-state index contributed by atoms with van der Waals surface area (Å²) in [4.78, 5) is 6.34. The number of benzene rings is 2. The first-order valence-corrected chi connectivity index (χ1v) is 7.81. The zero-order valence-electron chi connectivity index (χ0n) is 11.3. The highest BCUT2D eigenvalue weighted by Crippen LogP contribution is 2.48. The molecule has 0 saturated heterocycles. The van der Waals surface area contributed by atoms with E-state index in [4.69, 9.17) is 0 Å². The molecule has 0 N–H and O–H groups in total. The molecule has 0 aliphatic carbocycles. The monoisotopic (exact) mass is 296 g/mol. The normalized spacial score (nSPS) is 12.3. The average molecular weight is 296 g/mol. The van der Waals surface area contributed by atoms with Crippen LogP contribution >= 0.6 is 11.3 Å². The van der Waals surface area contributed by atoms with Gasteiger partial charge in [0.2, 0.25) is 0 Å². The van der Waals surface area contributed by atoms with E-state index in [1.54, 1.807) is 11.3 Å². The summed E-state index contributed by atoms with van der Waals surface area (Å²) in [6.45, 7) is 0.766. The molecule has 4 heteroatoms. The van der Waals surface area contributed by atoms with Crippen molar-refractivity contribution < 1.29 is 4.39 Å². The van der Waals surface area contributed by atoms with Crippen molar-refractivity contribution in [3.63, 3.8) is 0 Å². The molecule has 1 aliphatic rings. The lowest BCUT2D eigenvalue weighted by Crippen LogP contribution is -2.30. The van der Waals surface area contributed by atoms with Gasteiger partial charge in [-0.3, -0.25) is 0 Å². The van der Waals surface area contributed by atoms with E-state index in [9.17, 15) is 4.39 Å². The highest BCUT2D eigenvalue weighted by atomic mass is 32.1. The van der Waals surface area contributed by atoms with Crippen molar-refractivity contribution in [1.82, 2.24) is 4.98 Å². The molecule has 1 aliphatic heterocycles. The zero-order valence-corrected chi connectivity index (χ0v) is 12.1. The van der Waals surface area contributed by atoms with Gasteiger partial charge in [-0.2, -0.15) is 0 Å².